The number of carbonyl (C=O) groups excluding carboxylic acids is 2. The maximum Gasteiger partial charge on any atom is 0.234 e. The first kappa shape index (κ1) is 18.2. The predicted octanol–water partition coefficient (Wildman–Crippen LogP) is 5.01. The smallest absolute Gasteiger partial charge is 0.234 e. The number of anilines is 1. The van der Waals surface area contributed by atoms with E-state index in [1.165, 1.54) is 17.3 Å². The van der Waals surface area contributed by atoms with Crippen LogP contribution in [0, 0.1) is 13.8 Å². The van der Waals surface area contributed by atoms with Crippen LogP contribution in [0.5, 0.6) is 0 Å². The minimum absolute atomic E-state index is 0.0414. The summed E-state index contributed by atoms with van der Waals surface area (Å²) in [7, 11) is 0. The molecule has 26 heavy (non-hydrogen) atoms. The number of Topliss-reactive ketones (excluding diaryl/α,β-unsaturated/α-hetero) is 1. The highest BCUT2D eigenvalue weighted by molar-refractivity contribution is 8.00. The fraction of sp³-hybridized carbons (Fsp3) is 0.182. The van der Waals surface area contributed by atoms with Gasteiger partial charge in [-0.2, -0.15) is 0 Å². The minimum Gasteiger partial charge on any atom is -0.325 e. The normalized spacial score (nSPS) is 10.7. The number of amides is 1. The number of carbonyl (C=O) groups is 2. The zero-order valence-electron chi connectivity index (χ0n) is 14.9. The van der Waals surface area contributed by atoms with Crippen LogP contribution in [-0.2, 0) is 4.79 Å². The average Bonchev–Trinajstić information content (AvgIpc) is 2.64. The molecule has 0 spiro atoms. The zero-order chi connectivity index (χ0) is 18.5. The number of benzene rings is 3. The van der Waals surface area contributed by atoms with Crippen molar-refractivity contribution in [1.29, 1.82) is 0 Å². The largest absolute Gasteiger partial charge is 0.325 e. The molecule has 1 amide bonds. The van der Waals surface area contributed by atoms with Gasteiger partial charge in [0.15, 0.2) is 5.78 Å². The van der Waals surface area contributed by atoms with E-state index in [1.54, 1.807) is 0 Å². The van der Waals surface area contributed by atoms with Gasteiger partial charge in [0.25, 0.3) is 0 Å². The van der Waals surface area contributed by atoms with Gasteiger partial charge in [0.2, 0.25) is 5.91 Å². The van der Waals surface area contributed by atoms with E-state index >= 15 is 0 Å². The van der Waals surface area contributed by atoms with Gasteiger partial charge in [0.05, 0.1) is 11.5 Å². The van der Waals surface area contributed by atoms with E-state index in [9.17, 15) is 9.59 Å². The summed E-state index contributed by atoms with van der Waals surface area (Å²) in [6, 6.07) is 19.5. The average molecular weight is 363 g/mol. The molecule has 0 aliphatic carbocycles. The lowest BCUT2D eigenvalue weighted by molar-refractivity contribution is -0.113. The molecule has 1 N–H and O–H groups in total. The summed E-state index contributed by atoms with van der Waals surface area (Å²) in [6.07, 6.45) is 0. The number of hydrogen-bond donors (Lipinski definition) is 1. The first-order valence-electron chi connectivity index (χ1n) is 8.50. The summed E-state index contributed by atoms with van der Waals surface area (Å²) in [5.74, 6) is 0.495. The molecule has 3 rings (SSSR count). The van der Waals surface area contributed by atoms with E-state index in [4.69, 9.17) is 0 Å². The molecule has 4 heteroatoms. The van der Waals surface area contributed by atoms with E-state index in [0.29, 0.717) is 11.3 Å². The molecular formula is C22H21NO2S. The first-order chi connectivity index (χ1) is 12.5. The number of nitrogens with one attached hydrogen (secondary N) is 1. The third-order valence-corrected chi connectivity index (χ3v) is 5.26. The fourth-order valence-corrected chi connectivity index (χ4v) is 3.41. The van der Waals surface area contributed by atoms with Crippen LogP contribution in [0.4, 0.5) is 5.69 Å². The Morgan fingerprint density at radius 3 is 2.38 bits per heavy atom. The Morgan fingerprint density at radius 2 is 1.62 bits per heavy atom. The van der Waals surface area contributed by atoms with Crippen molar-refractivity contribution in [2.24, 2.45) is 0 Å². The van der Waals surface area contributed by atoms with Crippen molar-refractivity contribution >= 4 is 39.9 Å². The van der Waals surface area contributed by atoms with Crippen molar-refractivity contribution in [1.82, 2.24) is 0 Å². The Labute approximate surface area is 157 Å². The number of hydrogen-bond acceptors (Lipinski definition) is 3. The van der Waals surface area contributed by atoms with Crippen molar-refractivity contribution in [3.05, 3.63) is 77.4 Å². The molecule has 0 saturated carbocycles. The molecule has 0 aliphatic rings. The van der Waals surface area contributed by atoms with Gasteiger partial charge in [0, 0.05) is 11.3 Å². The molecule has 0 fully saturated rings. The number of aryl methyl sites for hydroxylation is 2. The van der Waals surface area contributed by atoms with Crippen LogP contribution in [0.25, 0.3) is 10.8 Å². The van der Waals surface area contributed by atoms with Gasteiger partial charge in [-0.25, -0.2) is 0 Å². The second kappa shape index (κ2) is 8.19. The Kier molecular flexibility index (Phi) is 5.74. The summed E-state index contributed by atoms with van der Waals surface area (Å²) in [5.41, 5.74) is 3.81. The van der Waals surface area contributed by atoms with Crippen molar-refractivity contribution in [3.63, 3.8) is 0 Å². The van der Waals surface area contributed by atoms with Crippen LogP contribution in [0.2, 0.25) is 0 Å². The van der Waals surface area contributed by atoms with Gasteiger partial charge in [-0.3, -0.25) is 9.59 Å². The number of fused-ring (bicyclic) bond motifs is 1. The van der Waals surface area contributed by atoms with Crippen molar-refractivity contribution in [2.45, 2.75) is 13.8 Å². The predicted molar refractivity (Wildman–Crippen MR) is 110 cm³/mol. The highest BCUT2D eigenvalue weighted by atomic mass is 32.2. The lowest BCUT2D eigenvalue weighted by Gasteiger charge is -2.08. The highest BCUT2D eigenvalue weighted by Crippen LogP contribution is 2.18. The number of rotatable bonds is 6. The van der Waals surface area contributed by atoms with Gasteiger partial charge in [-0.15, -0.1) is 11.8 Å². The van der Waals surface area contributed by atoms with Gasteiger partial charge in [-0.05, 0) is 53.9 Å². The summed E-state index contributed by atoms with van der Waals surface area (Å²) < 4.78 is 0. The van der Waals surface area contributed by atoms with E-state index in [2.05, 4.69) is 5.32 Å². The Bertz CT molecular complexity index is 965. The van der Waals surface area contributed by atoms with Crippen LogP contribution in [0.3, 0.4) is 0 Å². The standard InChI is InChI=1S/C22H21NO2S/c1-15-7-10-20(11-16(15)2)23-22(25)14-26-13-21(24)19-9-8-17-5-3-4-6-18(17)12-19/h3-12H,13-14H2,1-2H3,(H,23,25). The lowest BCUT2D eigenvalue weighted by atomic mass is 10.1. The molecule has 0 radical (unpaired) electrons. The molecule has 132 valence electrons. The molecule has 0 heterocycles. The summed E-state index contributed by atoms with van der Waals surface area (Å²) in [6.45, 7) is 4.05. The van der Waals surface area contributed by atoms with Crippen LogP contribution in [0.1, 0.15) is 21.5 Å². The first-order valence-corrected chi connectivity index (χ1v) is 9.65. The summed E-state index contributed by atoms with van der Waals surface area (Å²) >= 11 is 1.33. The number of thioether (sulfide) groups is 1. The monoisotopic (exact) mass is 363 g/mol. The van der Waals surface area contributed by atoms with Crippen LogP contribution in [0.15, 0.2) is 60.7 Å². The summed E-state index contributed by atoms with van der Waals surface area (Å²) in [5, 5.41) is 5.04. The molecule has 0 aromatic heterocycles. The molecule has 3 aromatic carbocycles. The van der Waals surface area contributed by atoms with E-state index in [0.717, 1.165) is 22.0 Å². The SMILES string of the molecule is Cc1ccc(NC(=O)CSCC(=O)c2ccc3ccccc3c2)cc1C. The van der Waals surface area contributed by atoms with Crippen LogP contribution < -0.4 is 5.32 Å². The molecule has 3 aromatic rings. The van der Waals surface area contributed by atoms with E-state index < -0.39 is 0 Å². The number of ketones is 1. The van der Waals surface area contributed by atoms with E-state index in [1.807, 2.05) is 74.5 Å². The van der Waals surface area contributed by atoms with Gasteiger partial charge >= 0.3 is 0 Å². The highest BCUT2D eigenvalue weighted by Gasteiger charge is 2.09. The topological polar surface area (TPSA) is 46.2 Å². The lowest BCUT2D eigenvalue weighted by Crippen LogP contribution is -2.15. The molecule has 3 nitrogen and oxygen atoms in total. The molecule has 0 unspecified atom stereocenters. The van der Waals surface area contributed by atoms with Crippen molar-refractivity contribution in [3.8, 4) is 0 Å². The van der Waals surface area contributed by atoms with Gasteiger partial charge < -0.3 is 5.32 Å². The molecule has 0 atom stereocenters. The second-order valence-electron chi connectivity index (χ2n) is 6.33. The molecule has 0 bridgehead atoms. The minimum atomic E-state index is -0.0930. The van der Waals surface area contributed by atoms with Crippen molar-refractivity contribution in [2.75, 3.05) is 16.8 Å². The maximum absolute atomic E-state index is 12.4. The molecule has 0 aliphatic heterocycles. The van der Waals surface area contributed by atoms with Gasteiger partial charge in [-0.1, -0.05) is 42.5 Å². The van der Waals surface area contributed by atoms with Crippen molar-refractivity contribution < 1.29 is 9.59 Å². The Balaban J connectivity index is 1.52. The second-order valence-corrected chi connectivity index (χ2v) is 7.31. The third-order valence-electron chi connectivity index (χ3n) is 4.33. The quantitative estimate of drug-likeness (QED) is 0.626. The van der Waals surface area contributed by atoms with Gasteiger partial charge in [0.1, 0.15) is 0 Å². The van der Waals surface area contributed by atoms with Crippen LogP contribution >= 0.6 is 11.8 Å². The molecular weight excluding hydrogens is 342 g/mol. The zero-order valence-corrected chi connectivity index (χ0v) is 15.7. The Morgan fingerprint density at radius 1 is 0.846 bits per heavy atom. The molecule has 0 saturated heterocycles. The van der Waals surface area contributed by atoms with E-state index in [-0.39, 0.29) is 17.4 Å². The van der Waals surface area contributed by atoms with Crippen LogP contribution in [-0.4, -0.2) is 23.2 Å². The maximum atomic E-state index is 12.4. The Hall–Kier alpha value is -2.59. The third kappa shape index (κ3) is 4.52. The fourth-order valence-electron chi connectivity index (χ4n) is 2.70. The summed E-state index contributed by atoms with van der Waals surface area (Å²) in [4.78, 5) is 24.4.